The first-order chi connectivity index (χ1) is 8.34. The van der Waals surface area contributed by atoms with Gasteiger partial charge in [0.25, 0.3) is 0 Å². The summed E-state index contributed by atoms with van der Waals surface area (Å²) < 4.78 is 24.1. The summed E-state index contributed by atoms with van der Waals surface area (Å²) in [5.74, 6) is 0. The molecule has 0 bridgehead atoms. The van der Waals surface area contributed by atoms with Gasteiger partial charge in [0.15, 0.2) is 14.6 Å². The van der Waals surface area contributed by atoms with Gasteiger partial charge >= 0.3 is 0 Å². The van der Waals surface area contributed by atoms with Gasteiger partial charge in [0.2, 0.25) is 0 Å². The van der Waals surface area contributed by atoms with Crippen LogP contribution in [0.4, 0.5) is 0 Å². The molecule has 18 heavy (non-hydrogen) atoms. The van der Waals surface area contributed by atoms with Crippen molar-refractivity contribution in [1.29, 1.82) is 5.26 Å². The van der Waals surface area contributed by atoms with Crippen LogP contribution >= 0.6 is 0 Å². The van der Waals surface area contributed by atoms with Crippen LogP contribution in [0.3, 0.4) is 0 Å². The molecule has 0 aromatic heterocycles. The SMILES string of the molecule is CCC(C#N)(CC)S(=O)(=O)c1cc(C)ccc1C. The normalized spacial score (nSPS) is 12.2. The average molecular weight is 265 g/mol. The van der Waals surface area contributed by atoms with Crippen molar-refractivity contribution in [3.63, 3.8) is 0 Å². The Hall–Kier alpha value is -1.34. The molecule has 3 nitrogen and oxygen atoms in total. The molecule has 0 fully saturated rings. The second-order valence-corrected chi connectivity index (χ2v) is 6.81. The molecule has 0 atom stereocenters. The molecule has 0 N–H and O–H groups in total. The summed E-state index contributed by atoms with van der Waals surface area (Å²) >= 11 is 0. The predicted molar refractivity (Wildman–Crippen MR) is 72.0 cm³/mol. The van der Waals surface area contributed by atoms with Crippen LogP contribution in [0.15, 0.2) is 23.1 Å². The fourth-order valence-corrected chi connectivity index (χ4v) is 4.19. The lowest BCUT2D eigenvalue weighted by atomic mass is 10.1. The van der Waals surface area contributed by atoms with Gasteiger partial charge in [-0.25, -0.2) is 8.42 Å². The third-order valence-corrected chi connectivity index (χ3v) is 6.21. The summed E-state index contributed by atoms with van der Waals surface area (Å²) in [7, 11) is -3.63. The van der Waals surface area contributed by atoms with Gasteiger partial charge in [0.05, 0.1) is 11.0 Å². The van der Waals surface area contributed by atoms with Crippen LogP contribution in [0.1, 0.15) is 37.8 Å². The lowest BCUT2D eigenvalue weighted by Crippen LogP contribution is -2.36. The molecule has 0 radical (unpaired) electrons. The quantitative estimate of drug-likeness (QED) is 0.840. The van der Waals surface area contributed by atoms with Crippen LogP contribution in [0.25, 0.3) is 0 Å². The second-order valence-electron chi connectivity index (χ2n) is 4.59. The number of hydrogen-bond donors (Lipinski definition) is 0. The van der Waals surface area contributed by atoms with Crippen molar-refractivity contribution < 1.29 is 8.42 Å². The third-order valence-electron chi connectivity index (χ3n) is 3.49. The largest absolute Gasteiger partial charge is 0.222 e. The number of rotatable bonds is 4. The van der Waals surface area contributed by atoms with Crippen molar-refractivity contribution in [1.82, 2.24) is 0 Å². The summed E-state index contributed by atoms with van der Waals surface area (Å²) in [5.41, 5.74) is 1.58. The summed E-state index contributed by atoms with van der Waals surface area (Å²) in [6.45, 7) is 7.11. The molecule has 0 spiro atoms. The molecule has 1 aromatic carbocycles. The van der Waals surface area contributed by atoms with Crippen molar-refractivity contribution in [3.8, 4) is 6.07 Å². The number of hydrogen-bond acceptors (Lipinski definition) is 3. The van der Waals surface area contributed by atoms with E-state index in [-0.39, 0.29) is 4.90 Å². The van der Waals surface area contributed by atoms with Crippen molar-refractivity contribution in [2.24, 2.45) is 0 Å². The molecular formula is C14H19NO2S. The predicted octanol–water partition coefficient (Wildman–Crippen LogP) is 3.16. The lowest BCUT2D eigenvalue weighted by molar-refractivity contribution is 0.539. The maximum absolute atomic E-state index is 12.7. The van der Waals surface area contributed by atoms with Crippen molar-refractivity contribution in [3.05, 3.63) is 29.3 Å². The van der Waals surface area contributed by atoms with Gasteiger partial charge in [0.1, 0.15) is 0 Å². The minimum atomic E-state index is -3.63. The first-order valence-corrected chi connectivity index (χ1v) is 7.56. The van der Waals surface area contributed by atoms with E-state index in [9.17, 15) is 13.7 Å². The van der Waals surface area contributed by atoms with E-state index in [1.165, 1.54) is 0 Å². The van der Waals surface area contributed by atoms with Crippen LogP contribution in [-0.2, 0) is 9.84 Å². The molecular weight excluding hydrogens is 246 g/mol. The van der Waals surface area contributed by atoms with Gasteiger partial charge in [-0.1, -0.05) is 26.0 Å². The number of benzene rings is 1. The second kappa shape index (κ2) is 5.11. The molecule has 1 rings (SSSR count). The van der Waals surface area contributed by atoms with Gasteiger partial charge in [-0.3, -0.25) is 0 Å². The Bertz CT molecular complexity index is 578. The number of aryl methyl sites for hydroxylation is 2. The Kier molecular flexibility index (Phi) is 4.18. The zero-order chi connectivity index (χ0) is 14.0. The molecule has 0 amide bonds. The van der Waals surface area contributed by atoms with E-state index in [1.807, 2.05) is 19.1 Å². The van der Waals surface area contributed by atoms with E-state index in [0.717, 1.165) is 5.56 Å². The van der Waals surface area contributed by atoms with E-state index in [4.69, 9.17) is 0 Å². The fourth-order valence-electron chi connectivity index (χ4n) is 2.06. The molecule has 0 saturated carbocycles. The zero-order valence-corrected chi connectivity index (χ0v) is 12.1. The molecule has 1 aromatic rings. The van der Waals surface area contributed by atoms with Crippen molar-refractivity contribution >= 4 is 9.84 Å². The Morgan fingerprint density at radius 3 is 2.22 bits per heavy atom. The van der Waals surface area contributed by atoms with Gasteiger partial charge in [-0.15, -0.1) is 0 Å². The molecule has 0 aliphatic rings. The minimum absolute atomic E-state index is 0.285. The molecule has 0 aliphatic carbocycles. The standard InChI is InChI=1S/C14H19NO2S/c1-5-14(6-2,10-15)18(16,17)13-9-11(3)7-8-12(13)4/h7-9H,5-6H2,1-4H3. The first kappa shape index (κ1) is 14.7. The van der Waals surface area contributed by atoms with Gasteiger partial charge in [0, 0.05) is 0 Å². The molecule has 4 heteroatoms. The summed E-state index contributed by atoms with van der Waals surface area (Å²) in [6, 6.07) is 7.33. The van der Waals surface area contributed by atoms with Crippen LogP contribution in [0, 0.1) is 25.2 Å². The van der Waals surface area contributed by atoms with Crippen LogP contribution in [0.2, 0.25) is 0 Å². The highest BCUT2D eigenvalue weighted by molar-refractivity contribution is 7.93. The van der Waals surface area contributed by atoms with E-state index >= 15 is 0 Å². The molecule has 0 unspecified atom stereocenters. The van der Waals surface area contributed by atoms with Gasteiger partial charge in [-0.2, -0.15) is 5.26 Å². The Morgan fingerprint density at radius 1 is 1.22 bits per heavy atom. The third kappa shape index (κ3) is 2.15. The summed E-state index contributed by atoms with van der Waals surface area (Å²) in [4.78, 5) is 0.285. The average Bonchev–Trinajstić information content (AvgIpc) is 2.34. The molecule has 0 heterocycles. The minimum Gasteiger partial charge on any atom is -0.222 e. The molecule has 98 valence electrons. The molecule has 0 saturated heterocycles. The summed E-state index contributed by atoms with van der Waals surface area (Å²) in [6.07, 6.45) is 0.603. The summed E-state index contributed by atoms with van der Waals surface area (Å²) in [5, 5.41) is 9.30. The highest BCUT2D eigenvalue weighted by Crippen LogP contribution is 2.33. The maximum atomic E-state index is 12.7. The highest BCUT2D eigenvalue weighted by Gasteiger charge is 2.42. The molecule has 0 aliphatic heterocycles. The van der Waals surface area contributed by atoms with Crippen LogP contribution in [0.5, 0.6) is 0 Å². The topological polar surface area (TPSA) is 57.9 Å². The van der Waals surface area contributed by atoms with Crippen LogP contribution < -0.4 is 0 Å². The van der Waals surface area contributed by atoms with E-state index < -0.39 is 14.6 Å². The number of nitriles is 1. The first-order valence-electron chi connectivity index (χ1n) is 6.07. The van der Waals surface area contributed by atoms with Crippen molar-refractivity contribution in [2.45, 2.75) is 50.2 Å². The fraction of sp³-hybridized carbons (Fsp3) is 0.500. The van der Waals surface area contributed by atoms with E-state index in [1.54, 1.807) is 32.9 Å². The monoisotopic (exact) mass is 265 g/mol. The van der Waals surface area contributed by atoms with Crippen molar-refractivity contribution in [2.75, 3.05) is 0 Å². The Balaban J connectivity index is 3.56. The number of nitrogens with zero attached hydrogens (tertiary/aromatic N) is 1. The maximum Gasteiger partial charge on any atom is 0.197 e. The van der Waals surface area contributed by atoms with Gasteiger partial charge in [-0.05, 0) is 43.9 Å². The lowest BCUT2D eigenvalue weighted by Gasteiger charge is -2.24. The van der Waals surface area contributed by atoms with Crippen LogP contribution in [-0.4, -0.2) is 13.2 Å². The zero-order valence-electron chi connectivity index (χ0n) is 11.3. The smallest absolute Gasteiger partial charge is 0.197 e. The highest BCUT2D eigenvalue weighted by atomic mass is 32.2. The number of sulfone groups is 1. The van der Waals surface area contributed by atoms with E-state index in [0.29, 0.717) is 18.4 Å². The Morgan fingerprint density at radius 2 is 1.78 bits per heavy atom. The van der Waals surface area contributed by atoms with Gasteiger partial charge < -0.3 is 0 Å². The Labute approximate surface area is 109 Å². The van der Waals surface area contributed by atoms with E-state index in [2.05, 4.69) is 0 Å².